The summed E-state index contributed by atoms with van der Waals surface area (Å²) in [6, 6.07) is 16.7. The third-order valence-electron chi connectivity index (χ3n) is 4.76. The molecule has 0 saturated carbocycles. The molecule has 1 aromatic heterocycles. The van der Waals surface area contributed by atoms with Crippen LogP contribution in [-0.4, -0.2) is 17.8 Å². The van der Waals surface area contributed by atoms with Crippen molar-refractivity contribution in [3.8, 4) is 11.3 Å². The number of anilines is 1. The lowest BCUT2D eigenvalue weighted by Crippen LogP contribution is -2.54. The first-order valence-electron chi connectivity index (χ1n) is 9.33. The number of nitrogens with zero attached hydrogens (tertiary/aromatic N) is 1. The van der Waals surface area contributed by atoms with E-state index >= 15 is 0 Å². The predicted molar refractivity (Wildman–Crippen MR) is 114 cm³/mol. The van der Waals surface area contributed by atoms with E-state index in [2.05, 4.69) is 5.32 Å². The summed E-state index contributed by atoms with van der Waals surface area (Å²) < 4.78 is 5.75. The Morgan fingerprint density at radius 2 is 1.73 bits per heavy atom. The van der Waals surface area contributed by atoms with Crippen LogP contribution in [0.5, 0.6) is 0 Å². The summed E-state index contributed by atoms with van der Waals surface area (Å²) in [7, 11) is 0. The van der Waals surface area contributed by atoms with Gasteiger partial charge in [0.1, 0.15) is 17.1 Å². The molecule has 2 aromatic carbocycles. The third kappa shape index (κ3) is 3.65. The van der Waals surface area contributed by atoms with Crippen molar-refractivity contribution >= 4 is 41.2 Å². The van der Waals surface area contributed by atoms with Crippen molar-refractivity contribution in [2.45, 2.75) is 13.3 Å². The van der Waals surface area contributed by atoms with Gasteiger partial charge in [-0.25, -0.2) is 9.69 Å². The van der Waals surface area contributed by atoms with Gasteiger partial charge in [0.2, 0.25) is 0 Å². The Labute approximate surface area is 177 Å². The van der Waals surface area contributed by atoms with E-state index in [1.807, 2.05) is 25.1 Å². The summed E-state index contributed by atoms with van der Waals surface area (Å²) in [5.74, 6) is -0.705. The minimum Gasteiger partial charge on any atom is -0.457 e. The number of nitrogens with one attached hydrogen (secondary N) is 1. The number of urea groups is 1. The van der Waals surface area contributed by atoms with Crippen LogP contribution in [-0.2, 0) is 16.0 Å². The quantitative estimate of drug-likeness (QED) is 0.484. The van der Waals surface area contributed by atoms with Gasteiger partial charge in [-0.2, -0.15) is 0 Å². The van der Waals surface area contributed by atoms with E-state index in [1.54, 1.807) is 42.5 Å². The Morgan fingerprint density at radius 1 is 1.00 bits per heavy atom. The molecular weight excluding hydrogens is 404 g/mol. The van der Waals surface area contributed by atoms with Crippen LogP contribution in [0.2, 0.25) is 5.02 Å². The van der Waals surface area contributed by atoms with E-state index in [0.29, 0.717) is 27.8 Å². The summed E-state index contributed by atoms with van der Waals surface area (Å²) in [5, 5.41) is 2.72. The molecule has 0 spiro atoms. The molecule has 30 heavy (non-hydrogen) atoms. The Morgan fingerprint density at radius 3 is 2.43 bits per heavy atom. The zero-order chi connectivity index (χ0) is 21.3. The summed E-state index contributed by atoms with van der Waals surface area (Å²) in [5.41, 5.74) is 1.94. The maximum absolute atomic E-state index is 12.9. The number of furan rings is 1. The van der Waals surface area contributed by atoms with Gasteiger partial charge in [0.05, 0.1) is 10.7 Å². The van der Waals surface area contributed by atoms with Crippen LogP contribution in [0.4, 0.5) is 10.5 Å². The Balaban J connectivity index is 1.67. The summed E-state index contributed by atoms with van der Waals surface area (Å²) in [6.07, 6.45) is 2.15. The number of halogens is 1. The molecule has 6 nitrogen and oxygen atoms in total. The number of aryl methyl sites for hydroxylation is 1. The molecule has 0 atom stereocenters. The van der Waals surface area contributed by atoms with Crippen LogP contribution in [0.1, 0.15) is 18.2 Å². The average Bonchev–Trinajstić information content (AvgIpc) is 3.20. The van der Waals surface area contributed by atoms with Crippen molar-refractivity contribution in [2.75, 3.05) is 4.90 Å². The minimum absolute atomic E-state index is 0.200. The number of hydrogen-bond acceptors (Lipinski definition) is 4. The van der Waals surface area contributed by atoms with E-state index < -0.39 is 17.8 Å². The molecule has 1 aliphatic rings. The molecule has 1 N–H and O–H groups in total. The molecule has 4 rings (SSSR count). The maximum Gasteiger partial charge on any atom is 0.335 e. The average molecular weight is 421 g/mol. The van der Waals surface area contributed by atoms with Gasteiger partial charge in [-0.3, -0.25) is 14.9 Å². The van der Waals surface area contributed by atoms with Gasteiger partial charge >= 0.3 is 6.03 Å². The Bertz CT molecular complexity index is 1180. The second kappa shape index (κ2) is 8.00. The van der Waals surface area contributed by atoms with Crippen LogP contribution < -0.4 is 10.2 Å². The number of benzene rings is 2. The smallest absolute Gasteiger partial charge is 0.335 e. The standard InChI is InChI=1S/C23H17ClN2O4/c1-2-14-7-9-15(10-8-14)26-22(28)18(21(27)25-23(26)29)13-16-11-12-20(30-16)17-5-3-4-6-19(17)24/h3-13H,2H2,1H3,(H,25,27,29)/b18-13-. The lowest BCUT2D eigenvalue weighted by atomic mass is 10.1. The Kier molecular flexibility index (Phi) is 5.25. The van der Waals surface area contributed by atoms with Crippen LogP contribution in [0.15, 0.2) is 70.7 Å². The first-order valence-corrected chi connectivity index (χ1v) is 9.71. The molecule has 1 saturated heterocycles. The van der Waals surface area contributed by atoms with Crippen LogP contribution in [0, 0.1) is 0 Å². The van der Waals surface area contributed by atoms with Crippen LogP contribution >= 0.6 is 11.6 Å². The zero-order valence-electron chi connectivity index (χ0n) is 16.0. The molecule has 0 aliphatic carbocycles. The molecule has 0 bridgehead atoms. The molecular formula is C23H17ClN2O4. The highest BCUT2D eigenvalue weighted by Gasteiger charge is 2.37. The van der Waals surface area contributed by atoms with Gasteiger partial charge in [0.15, 0.2) is 0 Å². The lowest BCUT2D eigenvalue weighted by molar-refractivity contribution is -0.122. The van der Waals surface area contributed by atoms with Gasteiger partial charge in [0.25, 0.3) is 11.8 Å². The number of carbonyl (C=O) groups excluding carboxylic acids is 3. The molecule has 0 unspecified atom stereocenters. The van der Waals surface area contributed by atoms with Crippen LogP contribution in [0.3, 0.4) is 0 Å². The highest BCUT2D eigenvalue weighted by atomic mass is 35.5. The van der Waals surface area contributed by atoms with Crippen molar-refractivity contribution in [1.29, 1.82) is 0 Å². The first-order chi connectivity index (χ1) is 14.5. The molecule has 0 radical (unpaired) electrons. The molecule has 7 heteroatoms. The summed E-state index contributed by atoms with van der Waals surface area (Å²) in [4.78, 5) is 38.5. The van der Waals surface area contributed by atoms with Gasteiger partial charge in [0, 0.05) is 5.56 Å². The van der Waals surface area contributed by atoms with E-state index in [-0.39, 0.29) is 5.57 Å². The topological polar surface area (TPSA) is 79.6 Å². The van der Waals surface area contributed by atoms with Gasteiger partial charge < -0.3 is 4.42 Å². The largest absolute Gasteiger partial charge is 0.457 e. The monoisotopic (exact) mass is 420 g/mol. The molecule has 1 aliphatic heterocycles. The second-order valence-electron chi connectivity index (χ2n) is 6.66. The van der Waals surface area contributed by atoms with Crippen molar-refractivity contribution in [3.05, 3.63) is 82.6 Å². The highest BCUT2D eigenvalue weighted by Crippen LogP contribution is 2.30. The number of hydrogen-bond donors (Lipinski definition) is 1. The fraction of sp³-hybridized carbons (Fsp3) is 0.0870. The van der Waals surface area contributed by atoms with E-state index in [4.69, 9.17) is 16.0 Å². The van der Waals surface area contributed by atoms with Gasteiger partial charge in [-0.1, -0.05) is 42.8 Å². The molecule has 150 valence electrons. The number of barbiturate groups is 1. The Hall–Kier alpha value is -3.64. The normalized spacial score (nSPS) is 15.6. The molecule has 4 amide bonds. The number of imide groups is 2. The van der Waals surface area contributed by atoms with Crippen molar-refractivity contribution in [2.24, 2.45) is 0 Å². The molecule has 3 aromatic rings. The fourth-order valence-corrected chi connectivity index (χ4v) is 3.38. The first kappa shape index (κ1) is 19.7. The van der Waals surface area contributed by atoms with Gasteiger partial charge in [-0.15, -0.1) is 0 Å². The van der Waals surface area contributed by atoms with Crippen LogP contribution in [0.25, 0.3) is 17.4 Å². The number of rotatable bonds is 4. The highest BCUT2D eigenvalue weighted by molar-refractivity contribution is 6.39. The predicted octanol–water partition coefficient (Wildman–Crippen LogP) is 4.83. The third-order valence-corrected chi connectivity index (χ3v) is 5.09. The van der Waals surface area contributed by atoms with Crippen molar-refractivity contribution < 1.29 is 18.8 Å². The van der Waals surface area contributed by atoms with E-state index in [9.17, 15) is 14.4 Å². The number of carbonyl (C=O) groups is 3. The second-order valence-corrected chi connectivity index (χ2v) is 7.07. The fourth-order valence-electron chi connectivity index (χ4n) is 3.15. The summed E-state index contributed by atoms with van der Waals surface area (Å²) >= 11 is 6.19. The van der Waals surface area contributed by atoms with Gasteiger partial charge in [-0.05, 0) is 54.5 Å². The molecule has 1 fully saturated rings. The SMILES string of the molecule is CCc1ccc(N2C(=O)NC(=O)/C(=C/c3ccc(-c4ccccc4Cl)o3)C2=O)cc1. The maximum atomic E-state index is 12.9. The van der Waals surface area contributed by atoms with Crippen molar-refractivity contribution in [3.63, 3.8) is 0 Å². The van der Waals surface area contributed by atoms with E-state index in [1.165, 1.54) is 6.08 Å². The molecule has 2 heterocycles. The van der Waals surface area contributed by atoms with Crippen molar-refractivity contribution in [1.82, 2.24) is 5.32 Å². The lowest BCUT2D eigenvalue weighted by Gasteiger charge is -2.26. The zero-order valence-corrected chi connectivity index (χ0v) is 16.8. The minimum atomic E-state index is -0.789. The summed E-state index contributed by atoms with van der Waals surface area (Å²) in [6.45, 7) is 2.01. The van der Waals surface area contributed by atoms with E-state index in [0.717, 1.165) is 16.9 Å². The number of amides is 4.